The van der Waals surface area contributed by atoms with E-state index in [4.69, 9.17) is 0 Å². The summed E-state index contributed by atoms with van der Waals surface area (Å²) in [4.78, 5) is 42.0. The predicted octanol–water partition coefficient (Wildman–Crippen LogP) is 1.57. The number of carbonyl (C=O) groups excluding carboxylic acids is 3. The van der Waals surface area contributed by atoms with Crippen LogP contribution in [0, 0.1) is 6.92 Å². The van der Waals surface area contributed by atoms with Crippen LogP contribution in [0.15, 0.2) is 30.3 Å². The van der Waals surface area contributed by atoms with Crippen molar-refractivity contribution in [1.82, 2.24) is 30.2 Å². The van der Waals surface area contributed by atoms with Gasteiger partial charge in [0.2, 0.25) is 5.91 Å². The monoisotopic (exact) mass is 466 g/mol. The van der Waals surface area contributed by atoms with Gasteiger partial charge >= 0.3 is 0 Å². The summed E-state index contributed by atoms with van der Waals surface area (Å²) in [6.45, 7) is 7.19. The lowest BCUT2D eigenvalue weighted by Gasteiger charge is -2.26. The van der Waals surface area contributed by atoms with E-state index < -0.39 is 5.91 Å². The SMILES string of the molecule is Cc1ccc(CN2CCCn3nc(C(=O)NCC(=O)NCCN4CCCCC4)cc3C2=O)cc1. The van der Waals surface area contributed by atoms with Gasteiger partial charge in [-0.2, -0.15) is 5.10 Å². The number of aromatic nitrogens is 2. The molecule has 182 valence electrons. The Balaban J connectivity index is 1.28. The molecular weight excluding hydrogens is 432 g/mol. The summed E-state index contributed by atoms with van der Waals surface area (Å²) in [7, 11) is 0. The smallest absolute Gasteiger partial charge is 0.272 e. The van der Waals surface area contributed by atoms with Crippen molar-refractivity contribution in [2.45, 2.75) is 45.7 Å². The molecule has 1 saturated heterocycles. The number of piperidine rings is 1. The summed E-state index contributed by atoms with van der Waals surface area (Å²) in [5, 5.41) is 9.80. The van der Waals surface area contributed by atoms with Gasteiger partial charge in [-0.3, -0.25) is 19.1 Å². The minimum atomic E-state index is -0.454. The van der Waals surface area contributed by atoms with Gasteiger partial charge < -0.3 is 20.4 Å². The fraction of sp³-hybridized carbons (Fsp3) is 0.520. The van der Waals surface area contributed by atoms with E-state index in [1.807, 2.05) is 31.2 Å². The number of amides is 3. The molecule has 9 nitrogen and oxygen atoms in total. The molecule has 0 spiro atoms. The van der Waals surface area contributed by atoms with Gasteiger partial charge in [0.25, 0.3) is 11.8 Å². The number of fused-ring (bicyclic) bond motifs is 1. The summed E-state index contributed by atoms with van der Waals surface area (Å²) in [6, 6.07) is 9.66. The van der Waals surface area contributed by atoms with Crippen molar-refractivity contribution >= 4 is 17.7 Å². The molecule has 0 radical (unpaired) electrons. The molecule has 2 aliphatic rings. The molecule has 0 bridgehead atoms. The van der Waals surface area contributed by atoms with E-state index >= 15 is 0 Å². The van der Waals surface area contributed by atoms with E-state index in [0.717, 1.165) is 31.6 Å². The largest absolute Gasteiger partial charge is 0.353 e. The molecule has 2 aliphatic heterocycles. The predicted molar refractivity (Wildman–Crippen MR) is 128 cm³/mol. The number of benzene rings is 1. The van der Waals surface area contributed by atoms with Crippen LogP contribution in [-0.4, -0.2) is 76.6 Å². The van der Waals surface area contributed by atoms with E-state index in [0.29, 0.717) is 31.9 Å². The second-order valence-corrected chi connectivity index (χ2v) is 9.14. The first-order valence-electron chi connectivity index (χ1n) is 12.2. The number of hydrogen-bond donors (Lipinski definition) is 2. The summed E-state index contributed by atoms with van der Waals surface area (Å²) in [5.41, 5.74) is 2.80. The Morgan fingerprint density at radius 3 is 2.50 bits per heavy atom. The molecule has 1 aromatic carbocycles. The third kappa shape index (κ3) is 6.22. The van der Waals surface area contributed by atoms with Gasteiger partial charge in [-0.1, -0.05) is 36.2 Å². The Morgan fingerprint density at radius 2 is 1.74 bits per heavy atom. The molecule has 0 unspecified atom stereocenters. The fourth-order valence-electron chi connectivity index (χ4n) is 4.46. The first kappa shape index (κ1) is 23.9. The first-order valence-corrected chi connectivity index (χ1v) is 12.2. The zero-order chi connectivity index (χ0) is 23.9. The molecule has 1 aromatic heterocycles. The zero-order valence-electron chi connectivity index (χ0n) is 19.9. The third-order valence-electron chi connectivity index (χ3n) is 6.42. The number of rotatable bonds is 8. The highest BCUT2D eigenvalue weighted by Gasteiger charge is 2.26. The molecular formula is C25H34N6O3. The van der Waals surface area contributed by atoms with Crippen LogP contribution in [0.4, 0.5) is 0 Å². The molecule has 34 heavy (non-hydrogen) atoms. The maximum atomic E-state index is 13.1. The quantitative estimate of drug-likeness (QED) is 0.615. The minimum Gasteiger partial charge on any atom is -0.353 e. The van der Waals surface area contributed by atoms with Crippen molar-refractivity contribution in [3.8, 4) is 0 Å². The second-order valence-electron chi connectivity index (χ2n) is 9.14. The average Bonchev–Trinajstić information content (AvgIpc) is 3.22. The van der Waals surface area contributed by atoms with Crippen LogP contribution in [-0.2, 0) is 17.9 Å². The van der Waals surface area contributed by atoms with E-state index in [1.54, 1.807) is 9.58 Å². The maximum Gasteiger partial charge on any atom is 0.272 e. The van der Waals surface area contributed by atoms with Gasteiger partial charge in [-0.15, -0.1) is 0 Å². The van der Waals surface area contributed by atoms with Crippen LogP contribution >= 0.6 is 0 Å². The average molecular weight is 467 g/mol. The number of aryl methyl sites for hydroxylation is 2. The first-order chi connectivity index (χ1) is 16.5. The third-order valence-corrected chi connectivity index (χ3v) is 6.42. The molecule has 2 aromatic rings. The van der Waals surface area contributed by atoms with Crippen LogP contribution in [0.2, 0.25) is 0 Å². The Kier molecular flexibility index (Phi) is 7.95. The van der Waals surface area contributed by atoms with Crippen molar-refractivity contribution in [3.05, 3.63) is 52.8 Å². The van der Waals surface area contributed by atoms with Gasteiger partial charge in [0.1, 0.15) is 5.69 Å². The number of hydrogen-bond acceptors (Lipinski definition) is 5. The van der Waals surface area contributed by atoms with Crippen LogP contribution in [0.5, 0.6) is 0 Å². The molecule has 0 saturated carbocycles. The molecule has 0 aliphatic carbocycles. The number of carbonyl (C=O) groups is 3. The lowest BCUT2D eigenvalue weighted by molar-refractivity contribution is -0.120. The molecule has 3 amide bonds. The summed E-state index contributed by atoms with van der Waals surface area (Å²) >= 11 is 0. The maximum absolute atomic E-state index is 13.1. The van der Waals surface area contributed by atoms with Gasteiger partial charge in [0.15, 0.2) is 5.69 Å². The van der Waals surface area contributed by atoms with Crippen LogP contribution in [0.25, 0.3) is 0 Å². The Hall–Kier alpha value is -3.20. The number of nitrogens with one attached hydrogen (secondary N) is 2. The summed E-state index contributed by atoms with van der Waals surface area (Å²) < 4.78 is 1.60. The van der Waals surface area contributed by atoms with Crippen molar-refractivity contribution in [3.63, 3.8) is 0 Å². The molecule has 4 rings (SSSR count). The highest BCUT2D eigenvalue weighted by atomic mass is 16.2. The van der Waals surface area contributed by atoms with Crippen LogP contribution in [0.3, 0.4) is 0 Å². The Morgan fingerprint density at radius 1 is 0.971 bits per heavy atom. The molecule has 3 heterocycles. The second kappa shape index (κ2) is 11.3. The van der Waals surface area contributed by atoms with Gasteiger partial charge in [0, 0.05) is 38.8 Å². The number of likely N-dealkylation sites (tertiary alicyclic amines) is 1. The normalized spacial score (nSPS) is 16.6. The van der Waals surface area contributed by atoms with Crippen LogP contribution < -0.4 is 10.6 Å². The highest BCUT2D eigenvalue weighted by Crippen LogP contribution is 2.17. The van der Waals surface area contributed by atoms with Crippen molar-refractivity contribution in [1.29, 1.82) is 0 Å². The van der Waals surface area contributed by atoms with Crippen molar-refractivity contribution < 1.29 is 14.4 Å². The molecule has 0 atom stereocenters. The fourth-order valence-corrected chi connectivity index (χ4v) is 4.46. The lowest BCUT2D eigenvalue weighted by Crippen LogP contribution is -2.41. The summed E-state index contributed by atoms with van der Waals surface area (Å²) in [6.07, 6.45) is 4.46. The van der Waals surface area contributed by atoms with E-state index in [1.165, 1.54) is 30.9 Å². The topological polar surface area (TPSA) is 99.6 Å². The number of nitrogens with zero attached hydrogens (tertiary/aromatic N) is 4. The van der Waals surface area contributed by atoms with Gasteiger partial charge in [0.05, 0.1) is 6.54 Å². The van der Waals surface area contributed by atoms with E-state index in [2.05, 4.69) is 20.6 Å². The Bertz CT molecular complexity index is 1010. The highest BCUT2D eigenvalue weighted by molar-refractivity contribution is 5.99. The van der Waals surface area contributed by atoms with E-state index in [9.17, 15) is 14.4 Å². The molecule has 1 fully saturated rings. The zero-order valence-corrected chi connectivity index (χ0v) is 19.9. The standard InChI is InChI=1S/C25H34N6O3/c1-19-6-8-20(9-7-19)18-30-13-5-14-31-22(25(30)34)16-21(28-31)24(33)27-17-23(32)26-10-15-29-11-3-2-4-12-29/h6-9,16H,2-5,10-15,17-18H2,1H3,(H,26,32)(H,27,33). The lowest BCUT2D eigenvalue weighted by atomic mass is 10.1. The minimum absolute atomic E-state index is 0.117. The van der Waals surface area contributed by atoms with Crippen molar-refractivity contribution in [2.75, 3.05) is 39.3 Å². The molecule has 9 heteroatoms. The van der Waals surface area contributed by atoms with Gasteiger partial charge in [-0.25, -0.2) is 0 Å². The van der Waals surface area contributed by atoms with Crippen molar-refractivity contribution in [2.24, 2.45) is 0 Å². The molecule has 2 N–H and O–H groups in total. The van der Waals surface area contributed by atoms with Gasteiger partial charge in [-0.05, 0) is 44.8 Å². The van der Waals surface area contributed by atoms with Crippen LogP contribution in [0.1, 0.15) is 57.8 Å². The van der Waals surface area contributed by atoms with E-state index in [-0.39, 0.29) is 24.1 Å². The summed E-state index contributed by atoms with van der Waals surface area (Å²) in [5.74, 6) is -0.823. The Labute approximate surface area is 200 Å².